The van der Waals surface area contributed by atoms with Crippen LogP contribution in [-0.2, 0) is 9.53 Å². The highest BCUT2D eigenvalue weighted by molar-refractivity contribution is 14.0. The number of nitrogens with one attached hydrogen (secondary N) is 2. The number of rotatable bonds is 6. The summed E-state index contributed by atoms with van der Waals surface area (Å²) in [5.74, 6) is 0.682. The molecular formula is C17H27IN4O4. The van der Waals surface area contributed by atoms with Crippen molar-refractivity contribution in [3.63, 3.8) is 0 Å². The zero-order chi connectivity index (χ0) is 18.1. The number of likely N-dealkylation sites (tertiary alicyclic amines) is 1. The van der Waals surface area contributed by atoms with Crippen LogP contribution in [0.1, 0.15) is 30.3 Å². The van der Waals surface area contributed by atoms with E-state index >= 15 is 0 Å². The molecule has 0 spiro atoms. The highest BCUT2D eigenvalue weighted by atomic mass is 127. The number of guanidine groups is 1. The topological polar surface area (TPSA) is 96.2 Å². The number of carbonyl (C=O) groups is 2. The molecule has 2 N–H and O–H groups in total. The summed E-state index contributed by atoms with van der Waals surface area (Å²) in [6.07, 6.45) is 2.98. The first-order chi connectivity index (χ1) is 12.2. The van der Waals surface area contributed by atoms with Gasteiger partial charge < -0.3 is 24.7 Å². The SMILES string of the molecule is CCNC(=NCCNC(=O)c1ccco1)N1CCC(C(=O)OC)CC1.I. The van der Waals surface area contributed by atoms with Crippen molar-refractivity contribution in [2.75, 3.05) is 39.8 Å². The van der Waals surface area contributed by atoms with Gasteiger partial charge in [0, 0.05) is 26.2 Å². The zero-order valence-corrected chi connectivity index (χ0v) is 17.5. The highest BCUT2D eigenvalue weighted by Gasteiger charge is 2.26. The van der Waals surface area contributed by atoms with E-state index in [1.54, 1.807) is 12.1 Å². The average Bonchev–Trinajstić information content (AvgIpc) is 3.18. The van der Waals surface area contributed by atoms with Crippen LogP contribution in [0, 0.1) is 5.92 Å². The number of aliphatic imine (C=N–C) groups is 1. The second-order valence-electron chi connectivity index (χ2n) is 5.75. The molecule has 1 aliphatic rings. The van der Waals surface area contributed by atoms with Crippen LogP contribution in [0.15, 0.2) is 27.8 Å². The summed E-state index contributed by atoms with van der Waals surface area (Å²) in [7, 11) is 1.43. The predicted molar refractivity (Wildman–Crippen MR) is 109 cm³/mol. The molecule has 1 fully saturated rings. The van der Waals surface area contributed by atoms with Gasteiger partial charge in [-0.15, -0.1) is 24.0 Å². The Balaban J connectivity index is 0.00000338. The Morgan fingerprint density at radius 1 is 1.35 bits per heavy atom. The van der Waals surface area contributed by atoms with E-state index in [2.05, 4.69) is 20.5 Å². The van der Waals surface area contributed by atoms with Gasteiger partial charge in [-0.2, -0.15) is 0 Å². The smallest absolute Gasteiger partial charge is 0.308 e. The van der Waals surface area contributed by atoms with Crippen molar-refractivity contribution in [3.8, 4) is 0 Å². The average molecular weight is 478 g/mol. The quantitative estimate of drug-likeness (QED) is 0.212. The fourth-order valence-electron chi connectivity index (χ4n) is 2.75. The molecule has 0 aliphatic carbocycles. The number of nitrogens with zero attached hydrogens (tertiary/aromatic N) is 2. The molecule has 1 saturated heterocycles. The Labute approximate surface area is 170 Å². The molecule has 1 amide bonds. The lowest BCUT2D eigenvalue weighted by molar-refractivity contribution is -0.146. The van der Waals surface area contributed by atoms with Crippen molar-refractivity contribution in [1.29, 1.82) is 0 Å². The molecule has 1 aliphatic heterocycles. The van der Waals surface area contributed by atoms with Gasteiger partial charge in [0.2, 0.25) is 0 Å². The van der Waals surface area contributed by atoms with E-state index in [0.717, 1.165) is 38.4 Å². The van der Waals surface area contributed by atoms with Crippen molar-refractivity contribution >= 4 is 41.8 Å². The monoisotopic (exact) mass is 478 g/mol. The van der Waals surface area contributed by atoms with Gasteiger partial charge in [0.25, 0.3) is 5.91 Å². The van der Waals surface area contributed by atoms with Gasteiger partial charge in [0.15, 0.2) is 11.7 Å². The van der Waals surface area contributed by atoms with Gasteiger partial charge in [0.05, 0.1) is 25.8 Å². The molecule has 0 saturated carbocycles. The maximum absolute atomic E-state index is 11.8. The third kappa shape index (κ3) is 6.50. The van der Waals surface area contributed by atoms with Crippen LogP contribution < -0.4 is 10.6 Å². The molecule has 0 aromatic carbocycles. The van der Waals surface area contributed by atoms with Crippen LogP contribution in [0.25, 0.3) is 0 Å². The molecular weight excluding hydrogens is 451 g/mol. The summed E-state index contributed by atoms with van der Waals surface area (Å²) in [4.78, 5) is 30.1. The van der Waals surface area contributed by atoms with Gasteiger partial charge in [-0.1, -0.05) is 0 Å². The zero-order valence-electron chi connectivity index (χ0n) is 15.2. The summed E-state index contributed by atoms with van der Waals surface area (Å²) < 4.78 is 9.85. The van der Waals surface area contributed by atoms with E-state index in [0.29, 0.717) is 18.8 Å². The van der Waals surface area contributed by atoms with Gasteiger partial charge in [-0.3, -0.25) is 14.6 Å². The first kappa shape index (κ1) is 22.3. The Bertz CT molecular complexity index is 584. The predicted octanol–water partition coefficient (Wildman–Crippen LogP) is 1.48. The van der Waals surface area contributed by atoms with Gasteiger partial charge in [0.1, 0.15) is 0 Å². The van der Waals surface area contributed by atoms with Crippen molar-refractivity contribution in [1.82, 2.24) is 15.5 Å². The van der Waals surface area contributed by atoms with Crippen LogP contribution in [0.5, 0.6) is 0 Å². The number of halogens is 1. The lowest BCUT2D eigenvalue weighted by atomic mass is 9.97. The van der Waals surface area contributed by atoms with E-state index in [-0.39, 0.29) is 41.8 Å². The normalized spacial score (nSPS) is 15.2. The number of hydrogen-bond donors (Lipinski definition) is 2. The molecule has 8 nitrogen and oxygen atoms in total. The molecule has 146 valence electrons. The van der Waals surface area contributed by atoms with Gasteiger partial charge in [-0.05, 0) is 31.9 Å². The van der Waals surface area contributed by atoms with E-state index in [1.807, 2.05) is 6.92 Å². The lowest BCUT2D eigenvalue weighted by Crippen LogP contribution is -2.47. The Kier molecular flexibility index (Phi) is 10.1. The lowest BCUT2D eigenvalue weighted by Gasteiger charge is -2.33. The number of methoxy groups -OCH3 is 1. The second kappa shape index (κ2) is 11.8. The number of amides is 1. The molecule has 1 aromatic heterocycles. The third-order valence-corrected chi connectivity index (χ3v) is 4.07. The summed E-state index contributed by atoms with van der Waals surface area (Å²) >= 11 is 0. The van der Waals surface area contributed by atoms with Gasteiger partial charge >= 0.3 is 5.97 Å². The third-order valence-electron chi connectivity index (χ3n) is 4.07. The van der Waals surface area contributed by atoms with Crippen molar-refractivity contribution in [2.45, 2.75) is 19.8 Å². The van der Waals surface area contributed by atoms with Crippen LogP contribution >= 0.6 is 24.0 Å². The van der Waals surface area contributed by atoms with Crippen LogP contribution in [0.3, 0.4) is 0 Å². The maximum atomic E-state index is 11.8. The summed E-state index contributed by atoms with van der Waals surface area (Å²) in [5.41, 5.74) is 0. The number of carbonyl (C=O) groups excluding carboxylic acids is 2. The van der Waals surface area contributed by atoms with Crippen molar-refractivity contribution < 1.29 is 18.7 Å². The number of piperidine rings is 1. The molecule has 0 radical (unpaired) electrons. The van der Waals surface area contributed by atoms with Crippen LogP contribution in [0.2, 0.25) is 0 Å². The van der Waals surface area contributed by atoms with Crippen molar-refractivity contribution in [3.05, 3.63) is 24.2 Å². The summed E-state index contributed by atoms with van der Waals surface area (Å²) in [6, 6.07) is 3.29. The first-order valence-electron chi connectivity index (χ1n) is 8.58. The van der Waals surface area contributed by atoms with E-state index in [1.165, 1.54) is 13.4 Å². The van der Waals surface area contributed by atoms with Gasteiger partial charge in [-0.25, -0.2) is 0 Å². The minimum absolute atomic E-state index is 0. The number of esters is 1. The molecule has 2 heterocycles. The summed E-state index contributed by atoms with van der Waals surface area (Å²) in [5, 5.41) is 6.02. The molecule has 0 bridgehead atoms. The molecule has 0 unspecified atom stereocenters. The highest BCUT2D eigenvalue weighted by Crippen LogP contribution is 2.18. The molecule has 2 rings (SSSR count). The first-order valence-corrected chi connectivity index (χ1v) is 8.58. The minimum atomic E-state index is -0.246. The van der Waals surface area contributed by atoms with Crippen LogP contribution in [-0.4, -0.2) is 62.6 Å². The molecule has 0 atom stereocenters. The maximum Gasteiger partial charge on any atom is 0.308 e. The molecule has 26 heavy (non-hydrogen) atoms. The van der Waals surface area contributed by atoms with Crippen LogP contribution in [0.4, 0.5) is 0 Å². The van der Waals surface area contributed by atoms with Crippen molar-refractivity contribution in [2.24, 2.45) is 10.9 Å². The number of hydrogen-bond acceptors (Lipinski definition) is 5. The standard InChI is InChI=1S/C17H26N4O4.HI/c1-3-18-17(21-10-6-13(7-11-21)16(23)24-2)20-9-8-19-15(22)14-5-4-12-25-14;/h4-5,12-13H,3,6-11H2,1-2H3,(H,18,20)(H,19,22);1H. The Hall–Kier alpha value is -1.78. The fraction of sp³-hybridized carbons (Fsp3) is 0.588. The molecule has 9 heteroatoms. The van der Waals surface area contributed by atoms with E-state index < -0.39 is 0 Å². The fourth-order valence-corrected chi connectivity index (χ4v) is 2.75. The number of furan rings is 1. The Morgan fingerprint density at radius 3 is 2.65 bits per heavy atom. The second-order valence-corrected chi connectivity index (χ2v) is 5.75. The Morgan fingerprint density at radius 2 is 2.08 bits per heavy atom. The summed E-state index contributed by atoms with van der Waals surface area (Å²) in [6.45, 7) is 5.16. The minimum Gasteiger partial charge on any atom is -0.469 e. The largest absolute Gasteiger partial charge is 0.469 e. The molecule has 1 aromatic rings. The van der Waals surface area contributed by atoms with E-state index in [9.17, 15) is 9.59 Å². The van der Waals surface area contributed by atoms with E-state index in [4.69, 9.17) is 9.15 Å². The number of ether oxygens (including phenoxy) is 1.